The summed E-state index contributed by atoms with van der Waals surface area (Å²) in [6.07, 6.45) is 0. The Kier molecular flexibility index (Phi) is 4.91. The number of rotatable bonds is 5. The van der Waals surface area contributed by atoms with Crippen molar-refractivity contribution in [3.05, 3.63) is 46.2 Å². The van der Waals surface area contributed by atoms with Crippen LogP contribution in [0.5, 0.6) is 0 Å². The lowest BCUT2D eigenvalue weighted by molar-refractivity contribution is 0.727. The third kappa shape index (κ3) is 3.53. The van der Waals surface area contributed by atoms with Crippen LogP contribution >= 0.6 is 23.4 Å². The Labute approximate surface area is 123 Å². The number of benzene rings is 1. The summed E-state index contributed by atoms with van der Waals surface area (Å²) in [7, 11) is 3.89. The van der Waals surface area contributed by atoms with Gasteiger partial charge in [-0.05, 0) is 31.7 Å². The zero-order valence-corrected chi connectivity index (χ0v) is 13.0. The Morgan fingerprint density at radius 1 is 1.32 bits per heavy atom. The summed E-state index contributed by atoms with van der Waals surface area (Å²) in [6.45, 7) is 2.83. The van der Waals surface area contributed by atoms with E-state index in [0.29, 0.717) is 0 Å². The van der Waals surface area contributed by atoms with E-state index in [1.54, 1.807) is 11.8 Å². The maximum absolute atomic E-state index is 6.24. The molecule has 5 heteroatoms. The Hall–Kier alpha value is -0.970. The molecule has 1 N–H and O–H groups in total. The van der Waals surface area contributed by atoms with Gasteiger partial charge in [0.25, 0.3) is 0 Å². The van der Waals surface area contributed by atoms with Gasteiger partial charge in [-0.25, -0.2) is 0 Å². The molecule has 0 aliphatic carbocycles. The summed E-state index contributed by atoms with van der Waals surface area (Å²) in [6, 6.07) is 8.59. The summed E-state index contributed by atoms with van der Waals surface area (Å²) >= 11 is 8.02. The van der Waals surface area contributed by atoms with Gasteiger partial charge in [-0.3, -0.25) is 4.68 Å². The van der Waals surface area contributed by atoms with Gasteiger partial charge in [0.2, 0.25) is 0 Å². The first-order valence-corrected chi connectivity index (χ1v) is 7.52. The van der Waals surface area contributed by atoms with E-state index >= 15 is 0 Å². The fourth-order valence-electron chi connectivity index (χ4n) is 1.90. The zero-order chi connectivity index (χ0) is 13.8. The number of aryl methyl sites for hydroxylation is 2. The Bertz CT molecular complexity index is 549. The summed E-state index contributed by atoms with van der Waals surface area (Å²) in [5.74, 6) is 0.835. The molecule has 1 heterocycles. The first kappa shape index (κ1) is 14.4. The van der Waals surface area contributed by atoms with Gasteiger partial charge in [0.15, 0.2) is 0 Å². The first-order valence-electron chi connectivity index (χ1n) is 6.16. The van der Waals surface area contributed by atoms with Crippen molar-refractivity contribution in [3.63, 3.8) is 0 Å². The lowest BCUT2D eigenvalue weighted by Crippen LogP contribution is -2.04. The molecule has 0 aliphatic rings. The monoisotopic (exact) mass is 295 g/mol. The number of hydrogen-bond donors (Lipinski definition) is 1. The van der Waals surface area contributed by atoms with Crippen molar-refractivity contribution in [2.24, 2.45) is 7.05 Å². The second-order valence-electron chi connectivity index (χ2n) is 4.43. The molecular formula is C14H18ClN3S. The van der Waals surface area contributed by atoms with Crippen molar-refractivity contribution in [1.29, 1.82) is 0 Å². The number of aromatic nitrogens is 2. The summed E-state index contributed by atoms with van der Waals surface area (Å²) in [4.78, 5) is 1.25. The molecule has 0 aliphatic heterocycles. The normalized spacial score (nSPS) is 10.9. The highest BCUT2D eigenvalue weighted by Crippen LogP contribution is 2.28. The van der Waals surface area contributed by atoms with Gasteiger partial charge < -0.3 is 5.32 Å². The van der Waals surface area contributed by atoms with Crippen LogP contribution in [0.3, 0.4) is 0 Å². The third-order valence-corrected chi connectivity index (χ3v) is 4.46. The van der Waals surface area contributed by atoms with Crippen molar-refractivity contribution < 1.29 is 0 Å². The van der Waals surface area contributed by atoms with Crippen molar-refractivity contribution in [2.75, 3.05) is 7.05 Å². The van der Waals surface area contributed by atoms with Crippen molar-refractivity contribution in [2.45, 2.75) is 24.1 Å². The van der Waals surface area contributed by atoms with Crippen LogP contribution in [0.15, 0.2) is 29.2 Å². The van der Waals surface area contributed by atoms with Crippen LogP contribution in [0.1, 0.15) is 17.0 Å². The standard InChI is InChI=1S/C14H18ClN3S/c1-10-14(15)13(18(3)17-10)9-19-12-6-4-11(5-7-12)8-16-2/h4-7,16H,8-9H2,1-3H3. The average molecular weight is 296 g/mol. The van der Waals surface area contributed by atoms with Gasteiger partial charge in [0.1, 0.15) is 0 Å². The number of nitrogens with one attached hydrogen (secondary N) is 1. The van der Waals surface area contributed by atoms with Crippen molar-refractivity contribution in [1.82, 2.24) is 15.1 Å². The molecule has 0 atom stereocenters. The van der Waals surface area contributed by atoms with Gasteiger partial charge in [-0.2, -0.15) is 5.10 Å². The second kappa shape index (κ2) is 6.46. The summed E-state index contributed by atoms with van der Waals surface area (Å²) in [5, 5.41) is 8.25. The van der Waals surface area contributed by atoms with Crippen molar-refractivity contribution >= 4 is 23.4 Å². The molecule has 2 rings (SSSR count). The number of nitrogens with zero attached hydrogens (tertiary/aromatic N) is 2. The first-order chi connectivity index (χ1) is 9.11. The second-order valence-corrected chi connectivity index (χ2v) is 5.86. The molecule has 1 aromatic heterocycles. The van der Waals surface area contributed by atoms with Gasteiger partial charge in [-0.15, -0.1) is 11.8 Å². The zero-order valence-electron chi connectivity index (χ0n) is 11.4. The smallest absolute Gasteiger partial charge is 0.0855 e. The Balaban J connectivity index is 2.02. The molecule has 19 heavy (non-hydrogen) atoms. The Morgan fingerprint density at radius 3 is 2.53 bits per heavy atom. The molecule has 0 saturated carbocycles. The maximum Gasteiger partial charge on any atom is 0.0855 e. The van der Waals surface area contributed by atoms with Crippen LogP contribution in [-0.4, -0.2) is 16.8 Å². The topological polar surface area (TPSA) is 29.9 Å². The van der Waals surface area contributed by atoms with Crippen LogP contribution in [-0.2, 0) is 19.3 Å². The minimum absolute atomic E-state index is 0.779. The predicted molar refractivity (Wildman–Crippen MR) is 81.7 cm³/mol. The lowest BCUT2D eigenvalue weighted by Gasteiger charge is -2.05. The largest absolute Gasteiger partial charge is 0.316 e. The molecule has 0 bridgehead atoms. The lowest BCUT2D eigenvalue weighted by atomic mass is 10.2. The SMILES string of the molecule is CNCc1ccc(SCc2c(Cl)c(C)nn2C)cc1. The highest BCUT2D eigenvalue weighted by Gasteiger charge is 2.11. The fourth-order valence-corrected chi connectivity index (χ4v) is 3.17. The van der Waals surface area contributed by atoms with Crippen molar-refractivity contribution in [3.8, 4) is 0 Å². The van der Waals surface area contributed by atoms with Gasteiger partial charge in [0, 0.05) is 24.2 Å². The number of halogens is 1. The molecule has 102 valence electrons. The van der Waals surface area contributed by atoms with Crippen LogP contribution in [0, 0.1) is 6.92 Å². The van der Waals surface area contributed by atoms with Crippen LogP contribution in [0.25, 0.3) is 0 Å². The molecule has 0 radical (unpaired) electrons. The minimum Gasteiger partial charge on any atom is -0.316 e. The van der Waals surface area contributed by atoms with Gasteiger partial charge in [-0.1, -0.05) is 23.7 Å². The van der Waals surface area contributed by atoms with E-state index in [0.717, 1.165) is 28.7 Å². The Morgan fingerprint density at radius 2 is 2.00 bits per heavy atom. The van der Waals surface area contributed by atoms with E-state index in [2.05, 4.69) is 34.7 Å². The van der Waals surface area contributed by atoms with E-state index in [1.807, 2.05) is 25.7 Å². The van der Waals surface area contributed by atoms with E-state index in [9.17, 15) is 0 Å². The third-order valence-electron chi connectivity index (χ3n) is 2.94. The average Bonchev–Trinajstić information content (AvgIpc) is 2.64. The minimum atomic E-state index is 0.779. The number of thioether (sulfide) groups is 1. The van der Waals surface area contributed by atoms with E-state index in [-0.39, 0.29) is 0 Å². The highest BCUT2D eigenvalue weighted by molar-refractivity contribution is 7.98. The molecule has 0 unspecified atom stereocenters. The molecule has 2 aromatic rings. The van der Waals surface area contributed by atoms with E-state index < -0.39 is 0 Å². The fraction of sp³-hybridized carbons (Fsp3) is 0.357. The molecular weight excluding hydrogens is 278 g/mol. The quantitative estimate of drug-likeness (QED) is 0.858. The van der Waals surface area contributed by atoms with Crippen LogP contribution < -0.4 is 5.32 Å². The van der Waals surface area contributed by atoms with Gasteiger partial charge in [0.05, 0.1) is 16.4 Å². The highest BCUT2D eigenvalue weighted by atomic mass is 35.5. The summed E-state index contributed by atoms with van der Waals surface area (Å²) in [5.41, 5.74) is 3.26. The predicted octanol–water partition coefficient (Wildman–Crippen LogP) is 3.39. The van der Waals surface area contributed by atoms with E-state index in [1.165, 1.54) is 10.5 Å². The van der Waals surface area contributed by atoms with E-state index in [4.69, 9.17) is 11.6 Å². The molecule has 0 spiro atoms. The summed E-state index contributed by atoms with van der Waals surface area (Å²) < 4.78 is 1.86. The molecule has 0 saturated heterocycles. The van der Waals surface area contributed by atoms with Crippen LogP contribution in [0.2, 0.25) is 5.02 Å². The molecule has 1 aromatic carbocycles. The molecule has 0 amide bonds. The molecule has 0 fully saturated rings. The molecule has 3 nitrogen and oxygen atoms in total. The maximum atomic E-state index is 6.24. The van der Waals surface area contributed by atoms with Crippen LogP contribution in [0.4, 0.5) is 0 Å². The number of hydrogen-bond acceptors (Lipinski definition) is 3. The van der Waals surface area contributed by atoms with Gasteiger partial charge >= 0.3 is 0 Å².